The van der Waals surface area contributed by atoms with Gasteiger partial charge in [-0.2, -0.15) is 0 Å². The largest absolute Gasteiger partial charge is 0.347 e. The van der Waals surface area contributed by atoms with Crippen molar-refractivity contribution >= 4 is 39.4 Å². The molecule has 0 fully saturated rings. The fourth-order valence-electron chi connectivity index (χ4n) is 2.46. The predicted octanol–water partition coefficient (Wildman–Crippen LogP) is 2.88. The van der Waals surface area contributed by atoms with Gasteiger partial charge >= 0.3 is 5.97 Å². The normalized spacial score (nSPS) is 22.8. The van der Waals surface area contributed by atoms with Crippen molar-refractivity contribution in [3.8, 4) is 0 Å². The molecule has 0 N–H and O–H groups in total. The van der Waals surface area contributed by atoms with Gasteiger partial charge in [0.1, 0.15) is 23.0 Å². The molecule has 2 heterocycles. The van der Waals surface area contributed by atoms with Gasteiger partial charge in [0.15, 0.2) is 0 Å². The van der Waals surface area contributed by atoms with Crippen molar-refractivity contribution in [3.05, 3.63) is 23.0 Å². The highest BCUT2D eigenvalue weighted by atomic mass is 35.5. The van der Waals surface area contributed by atoms with Crippen molar-refractivity contribution < 1.29 is 9.08 Å². The molecule has 2 aromatic heterocycles. The van der Waals surface area contributed by atoms with Crippen LogP contribution in [0.1, 0.15) is 23.8 Å². The van der Waals surface area contributed by atoms with E-state index in [2.05, 4.69) is 14.3 Å². The molecule has 94 valence electrons. The van der Waals surface area contributed by atoms with Crippen LogP contribution in [0.25, 0.3) is 10.2 Å². The van der Waals surface area contributed by atoms with E-state index < -0.39 is 5.41 Å². The first-order valence-corrected chi connectivity index (χ1v) is 6.80. The van der Waals surface area contributed by atoms with Crippen LogP contribution in [0, 0.1) is 5.41 Å². The smallest absolute Gasteiger partial charge is 0.330 e. The lowest BCUT2D eigenvalue weighted by Gasteiger charge is -2.29. The molecule has 4 nitrogen and oxygen atoms in total. The third-order valence-electron chi connectivity index (χ3n) is 3.60. The fraction of sp³-hybridized carbons (Fsp3) is 0.417. The molecule has 0 bridgehead atoms. The number of thiophene rings is 1. The van der Waals surface area contributed by atoms with Gasteiger partial charge in [-0.1, -0.05) is 0 Å². The number of hydrogen-bond donors (Lipinski definition) is 0. The van der Waals surface area contributed by atoms with Gasteiger partial charge in [-0.3, -0.25) is 0 Å². The van der Waals surface area contributed by atoms with Crippen LogP contribution in [0.5, 0.6) is 0 Å². The van der Waals surface area contributed by atoms with Crippen LogP contribution >= 0.6 is 23.2 Å². The van der Waals surface area contributed by atoms with E-state index in [1.54, 1.807) is 17.7 Å². The Morgan fingerprint density at radius 3 is 3.22 bits per heavy atom. The molecule has 0 spiro atoms. The number of rotatable bonds is 1. The van der Waals surface area contributed by atoms with E-state index in [4.69, 9.17) is 11.9 Å². The monoisotopic (exact) mass is 282 g/mol. The highest BCUT2D eigenvalue weighted by molar-refractivity contribution is 7.18. The summed E-state index contributed by atoms with van der Waals surface area (Å²) < 4.78 is 4.39. The van der Waals surface area contributed by atoms with Crippen LogP contribution in [-0.4, -0.2) is 15.9 Å². The Labute approximate surface area is 113 Å². The van der Waals surface area contributed by atoms with Gasteiger partial charge in [0.05, 0.1) is 5.41 Å². The zero-order chi connectivity index (χ0) is 12.8. The number of carbonyl (C=O) groups excluding carboxylic acids is 1. The summed E-state index contributed by atoms with van der Waals surface area (Å²) in [5.41, 5.74) is 0.749. The van der Waals surface area contributed by atoms with E-state index in [-0.39, 0.29) is 5.97 Å². The molecule has 1 unspecified atom stereocenters. The Bertz CT molecular complexity index is 628. The van der Waals surface area contributed by atoms with Gasteiger partial charge in [0.25, 0.3) is 0 Å². The number of halogens is 1. The maximum absolute atomic E-state index is 11.7. The third-order valence-corrected chi connectivity index (χ3v) is 4.89. The van der Waals surface area contributed by atoms with Gasteiger partial charge < -0.3 is 4.29 Å². The zero-order valence-corrected chi connectivity index (χ0v) is 11.3. The minimum absolute atomic E-state index is 0.349. The summed E-state index contributed by atoms with van der Waals surface area (Å²) in [6.45, 7) is 1.90. The molecular weight excluding hydrogens is 272 g/mol. The number of aromatic nitrogens is 2. The molecule has 0 aliphatic heterocycles. The van der Waals surface area contributed by atoms with Crippen molar-refractivity contribution in [1.29, 1.82) is 0 Å². The second kappa shape index (κ2) is 4.17. The average molecular weight is 283 g/mol. The van der Waals surface area contributed by atoms with Gasteiger partial charge in [-0.25, -0.2) is 14.8 Å². The van der Waals surface area contributed by atoms with E-state index in [9.17, 15) is 4.79 Å². The third kappa shape index (κ3) is 1.69. The van der Waals surface area contributed by atoms with Gasteiger partial charge in [0, 0.05) is 16.5 Å². The van der Waals surface area contributed by atoms with Crippen molar-refractivity contribution in [3.63, 3.8) is 0 Å². The summed E-state index contributed by atoms with van der Waals surface area (Å²) in [5.74, 6) is -0.349. The zero-order valence-electron chi connectivity index (χ0n) is 9.77. The first-order valence-electron chi connectivity index (χ1n) is 5.67. The molecule has 18 heavy (non-hydrogen) atoms. The summed E-state index contributed by atoms with van der Waals surface area (Å²) in [4.78, 5) is 22.2. The number of carbonyl (C=O) groups is 1. The Kier molecular flexibility index (Phi) is 2.75. The lowest BCUT2D eigenvalue weighted by atomic mass is 9.75. The summed E-state index contributed by atoms with van der Waals surface area (Å²) >= 11 is 6.84. The quantitative estimate of drug-likeness (QED) is 0.807. The Morgan fingerprint density at radius 1 is 1.61 bits per heavy atom. The molecule has 0 radical (unpaired) electrons. The molecule has 2 aromatic rings. The highest BCUT2D eigenvalue weighted by Crippen LogP contribution is 2.42. The number of fused-ring (bicyclic) bond motifs is 3. The van der Waals surface area contributed by atoms with Crippen molar-refractivity contribution in [1.82, 2.24) is 9.97 Å². The molecule has 1 aliphatic carbocycles. The van der Waals surface area contributed by atoms with Crippen LogP contribution in [0.15, 0.2) is 12.5 Å². The SMILES string of the molecule is CC1(C(=O)OCl)CCc2c(sc3ncncc23)C1. The van der Waals surface area contributed by atoms with E-state index in [1.807, 2.05) is 13.1 Å². The lowest BCUT2D eigenvalue weighted by Crippen LogP contribution is -2.33. The standard InChI is InChI=1S/C12H11ClN2O2S/c1-12(11(16)17-13)3-2-7-8-5-14-6-15-10(8)18-9(7)4-12/h5-6H,2-4H2,1H3. The minimum atomic E-state index is -0.525. The Balaban J connectivity index is 2.06. The number of hydrogen-bond acceptors (Lipinski definition) is 5. The van der Waals surface area contributed by atoms with Crippen molar-refractivity contribution in [2.24, 2.45) is 5.41 Å². The van der Waals surface area contributed by atoms with E-state index in [0.717, 1.165) is 23.1 Å². The molecule has 1 atom stereocenters. The van der Waals surface area contributed by atoms with E-state index in [1.165, 1.54) is 10.4 Å². The maximum Gasteiger partial charge on any atom is 0.330 e. The van der Waals surface area contributed by atoms with Crippen LogP contribution in [0.4, 0.5) is 0 Å². The van der Waals surface area contributed by atoms with Crippen LogP contribution in [0.2, 0.25) is 0 Å². The summed E-state index contributed by atoms with van der Waals surface area (Å²) in [5, 5.41) is 1.11. The number of aryl methyl sites for hydroxylation is 1. The molecule has 3 rings (SSSR count). The lowest BCUT2D eigenvalue weighted by molar-refractivity contribution is -0.145. The van der Waals surface area contributed by atoms with E-state index in [0.29, 0.717) is 6.42 Å². The Hall–Kier alpha value is -1.20. The Morgan fingerprint density at radius 2 is 2.44 bits per heavy atom. The first-order chi connectivity index (χ1) is 8.64. The minimum Gasteiger partial charge on any atom is -0.347 e. The van der Waals surface area contributed by atoms with Crippen molar-refractivity contribution in [2.75, 3.05) is 0 Å². The first kappa shape index (κ1) is 11.9. The topological polar surface area (TPSA) is 52.1 Å². The molecular formula is C12H11ClN2O2S. The summed E-state index contributed by atoms with van der Waals surface area (Å²) in [6.07, 6.45) is 5.64. The molecule has 0 saturated heterocycles. The van der Waals surface area contributed by atoms with Crippen LogP contribution in [-0.2, 0) is 21.9 Å². The average Bonchev–Trinajstić information content (AvgIpc) is 2.74. The molecule has 0 aromatic carbocycles. The van der Waals surface area contributed by atoms with Crippen LogP contribution in [0.3, 0.4) is 0 Å². The number of nitrogens with zero attached hydrogens (tertiary/aromatic N) is 2. The highest BCUT2D eigenvalue weighted by Gasteiger charge is 2.40. The van der Waals surface area contributed by atoms with Crippen molar-refractivity contribution in [2.45, 2.75) is 26.2 Å². The summed E-state index contributed by atoms with van der Waals surface area (Å²) in [6, 6.07) is 0. The van der Waals surface area contributed by atoms with Gasteiger partial charge in [0.2, 0.25) is 0 Å². The van der Waals surface area contributed by atoms with Crippen LogP contribution < -0.4 is 0 Å². The second-order valence-corrected chi connectivity index (χ2v) is 6.09. The second-order valence-electron chi connectivity index (χ2n) is 4.85. The van der Waals surface area contributed by atoms with Gasteiger partial charge in [-0.15, -0.1) is 11.3 Å². The molecule has 0 saturated carbocycles. The maximum atomic E-state index is 11.7. The van der Waals surface area contributed by atoms with E-state index >= 15 is 0 Å². The molecule has 1 aliphatic rings. The molecule has 6 heteroatoms. The summed E-state index contributed by atoms with van der Waals surface area (Å²) in [7, 11) is 0. The fourth-order valence-corrected chi connectivity index (χ4v) is 3.99. The predicted molar refractivity (Wildman–Crippen MR) is 69.5 cm³/mol. The molecule has 0 amide bonds. The van der Waals surface area contributed by atoms with Gasteiger partial charge in [-0.05, 0) is 31.7 Å².